The number of sulfonamides is 1. The number of amides is 1. The second-order valence-corrected chi connectivity index (χ2v) is 8.30. The van der Waals surface area contributed by atoms with Crippen molar-refractivity contribution in [3.8, 4) is 5.75 Å². The van der Waals surface area contributed by atoms with Crippen LogP contribution in [0, 0.1) is 0 Å². The van der Waals surface area contributed by atoms with Crippen LogP contribution < -0.4 is 14.8 Å². The van der Waals surface area contributed by atoms with Crippen molar-refractivity contribution in [1.82, 2.24) is 4.72 Å². The number of rotatable bonds is 7. The van der Waals surface area contributed by atoms with Gasteiger partial charge < -0.3 is 14.8 Å². The molecule has 30 heavy (non-hydrogen) atoms. The first kappa shape index (κ1) is 22.1. The Labute approximate surface area is 171 Å². The van der Waals surface area contributed by atoms with E-state index in [1.165, 1.54) is 36.4 Å². The van der Waals surface area contributed by atoms with E-state index in [0.717, 1.165) is 25.0 Å². The van der Waals surface area contributed by atoms with Gasteiger partial charge in [-0.2, -0.15) is 0 Å². The first-order valence-corrected chi connectivity index (χ1v) is 10.5. The molecule has 0 spiro atoms. The average Bonchev–Trinajstić information content (AvgIpc) is 3.21. The van der Waals surface area contributed by atoms with Crippen LogP contribution in [0.15, 0.2) is 53.4 Å². The van der Waals surface area contributed by atoms with Crippen molar-refractivity contribution >= 4 is 21.6 Å². The molecule has 0 saturated carbocycles. The van der Waals surface area contributed by atoms with Gasteiger partial charge in [0, 0.05) is 24.4 Å². The van der Waals surface area contributed by atoms with E-state index in [-0.39, 0.29) is 28.8 Å². The number of hydrogen-bond donors (Lipinski definition) is 2. The topological polar surface area (TPSA) is 93.7 Å². The Bertz CT molecular complexity index is 971. The number of alkyl halides is 3. The predicted octanol–water partition coefficient (Wildman–Crippen LogP) is 3.29. The molecular weight excluding hydrogens is 425 g/mol. The van der Waals surface area contributed by atoms with Gasteiger partial charge in [-0.1, -0.05) is 0 Å². The summed E-state index contributed by atoms with van der Waals surface area (Å²) in [6, 6.07) is 9.94. The SMILES string of the molecule is O=C(Nc1ccc(OC(F)(F)F)cc1)c1ccc(S(=O)(=O)NCC2CCCO2)cc1. The smallest absolute Gasteiger partial charge is 0.406 e. The van der Waals surface area contributed by atoms with Crippen LogP contribution in [0.1, 0.15) is 23.2 Å². The van der Waals surface area contributed by atoms with E-state index in [4.69, 9.17) is 4.74 Å². The van der Waals surface area contributed by atoms with E-state index in [0.29, 0.717) is 6.61 Å². The van der Waals surface area contributed by atoms with E-state index in [1.807, 2.05) is 0 Å². The Hall–Kier alpha value is -2.63. The molecule has 3 rings (SSSR count). The fourth-order valence-electron chi connectivity index (χ4n) is 2.82. The van der Waals surface area contributed by atoms with Crippen LogP contribution in [0.5, 0.6) is 5.75 Å². The molecule has 1 heterocycles. The van der Waals surface area contributed by atoms with Crippen molar-refractivity contribution in [2.75, 3.05) is 18.5 Å². The molecule has 162 valence electrons. The van der Waals surface area contributed by atoms with E-state index in [2.05, 4.69) is 14.8 Å². The Morgan fingerprint density at radius 2 is 1.77 bits per heavy atom. The number of carbonyl (C=O) groups is 1. The molecule has 0 radical (unpaired) electrons. The van der Waals surface area contributed by atoms with Gasteiger partial charge in [-0.25, -0.2) is 13.1 Å². The highest BCUT2D eigenvalue weighted by Gasteiger charge is 2.31. The van der Waals surface area contributed by atoms with Gasteiger partial charge in [0.2, 0.25) is 10.0 Å². The summed E-state index contributed by atoms with van der Waals surface area (Å²) in [4.78, 5) is 12.3. The summed E-state index contributed by atoms with van der Waals surface area (Å²) >= 11 is 0. The largest absolute Gasteiger partial charge is 0.573 e. The van der Waals surface area contributed by atoms with Crippen LogP contribution in [0.4, 0.5) is 18.9 Å². The van der Waals surface area contributed by atoms with Gasteiger partial charge in [0.1, 0.15) is 5.75 Å². The lowest BCUT2D eigenvalue weighted by Crippen LogP contribution is -2.31. The highest BCUT2D eigenvalue weighted by molar-refractivity contribution is 7.89. The number of hydrogen-bond acceptors (Lipinski definition) is 5. The molecule has 2 aromatic carbocycles. The molecular formula is C19H19F3N2O5S. The third kappa shape index (κ3) is 6.18. The van der Waals surface area contributed by atoms with E-state index in [9.17, 15) is 26.4 Å². The quantitative estimate of drug-likeness (QED) is 0.684. The van der Waals surface area contributed by atoms with Crippen LogP contribution >= 0.6 is 0 Å². The summed E-state index contributed by atoms with van der Waals surface area (Å²) in [5, 5.41) is 2.51. The Kier molecular flexibility index (Phi) is 6.64. The summed E-state index contributed by atoms with van der Waals surface area (Å²) in [5.41, 5.74) is 0.438. The van der Waals surface area contributed by atoms with E-state index >= 15 is 0 Å². The lowest BCUT2D eigenvalue weighted by molar-refractivity contribution is -0.274. The van der Waals surface area contributed by atoms with Gasteiger partial charge >= 0.3 is 6.36 Å². The van der Waals surface area contributed by atoms with E-state index in [1.54, 1.807) is 0 Å². The fourth-order valence-corrected chi connectivity index (χ4v) is 3.89. The van der Waals surface area contributed by atoms with Crippen LogP contribution in [0.3, 0.4) is 0 Å². The number of halogens is 3. The second-order valence-electron chi connectivity index (χ2n) is 6.54. The van der Waals surface area contributed by atoms with Gasteiger partial charge in [-0.3, -0.25) is 4.79 Å². The van der Waals surface area contributed by atoms with Crippen molar-refractivity contribution < 1.29 is 35.9 Å². The molecule has 0 bridgehead atoms. The molecule has 1 saturated heterocycles. The molecule has 2 aromatic rings. The molecule has 1 fully saturated rings. The first-order chi connectivity index (χ1) is 14.1. The number of ether oxygens (including phenoxy) is 2. The van der Waals surface area contributed by atoms with E-state index < -0.39 is 28.0 Å². The minimum absolute atomic E-state index is 0.00528. The lowest BCUT2D eigenvalue weighted by atomic mass is 10.2. The highest BCUT2D eigenvalue weighted by atomic mass is 32.2. The average molecular weight is 444 g/mol. The monoisotopic (exact) mass is 444 g/mol. The molecule has 11 heteroatoms. The normalized spacial score (nSPS) is 17.0. The standard InChI is InChI=1S/C19H19F3N2O5S/c20-19(21,22)29-15-7-5-14(6-8-15)24-18(25)13-3-9-17(10-4-13)30(26,27)23-12-16-2-1-11-28-16/h3-10,16,23H,1-2,11-12H2,(H,24,25). The molecule has 1 atom stereocenters. The lowest BCUT2D eigenvalue weighted by Gasteiger charge is -2.12. The van der Waals surface area contributed by atoms with Gasteiger partial charge in [0.05, 0.1) is 11.0 Å². The highest BCUT2D eigenvalue weighted by Crippen LogP contribution is 2.24. The molecule has 1 aliphatic heterocycles. The van der Waals surface area contributed by atoms with Gasteiger partial charge in [0.25, 0.3) is 5.91 Å². The van der Waals surface area contributed by atoms with Crippen molar-refractivity contribution in [3.05, 3.63) is 54.1 Å². The van der Waals surface area contributed by atoms with Crippen LogP contribution in [0.25, 0.3) is 0 Å². The zero-order valence-corrected chi connectivity index (χ0v) is 16.4. The molecule has 1 unspecified atom stereocenters. The van der Waals surface area contributed by atoms with Crippen molar-refractivity contribution in [1.29, 1.82) is 0 Å². The molecule has 0 aliphatic carbocycles. The predicted molar refractivity (Wildman–Crippen MR) is 102 cm³/mol. The third-order valence-corrected chi connectivity index (χ3v) is 5.74. The molecule has 7 nitrogen and oxygen atoms in total. The molecule has 0 aromatic heterocycles. The maximum atomic E-state index is 12.3. The van der Waals surface area contributed by atoms with Crippen LogP contribution in [0.2, 0.25) is 0 Å². The minimum Gasteiger partial charge on any atom is -0.406 e. The minimum atomic E-state index is -4.80. The summed E-state index contributed by atoms with van der Waals surface area (Å²) in [6.07, 6.45) is -3.25. The summed E-state index contributed by atoms with van der Waals surface area (Å²) in [6.45, 7) is 0.799. The van der Waals surface area contributed by atoms with Crippen LogP contribution in [-0.2, 0) is 14.8 Å². The fraction of sp³-hybridized carbons (Fsp3) is 0.316. The maximum absolute atomic E-state index is 12.3. The van der Waals surface area contributed by atoms with Crippen molar-refractivity contribution in [3.63, 3.8) is 0 Å². The van der Waals surface area contributed by atoms with Crippen LogP contribution in [-0.4, -0.2) is 39.9 Å². The maximum Gasteiger partial charge on any atom is 0.573 e. The number of nitrogens with one attached hydrogen (secondary N) is 2. The zero-order valence-electron chi connectivity index (χ0n) is 15.6. The molecule has 2 N–H and O–H groups in total. The Morgan fingerprint density at radius 1 is 1.10 bits per heavy atom. The Morgan fingerprint density at radius 3 is 2.33 bits per heavy atom. The third-order valence-electron chi connectivity index (χ3n) is 4.30. The summed E-state index contributed by atoms with van der Waals surface area (Å²) in [5.74, 6) is -0.957. The first-order valence-electron chi connectivity index (χ1n) is 9.01. The van der Waals surface area contributed by atoms with Gasteiger partial charge in [-0.15, -0.1) is 13.2 Å². The molecule has 1 amide bonds. The van der Waals surface area contributed by atoms with Gasteiger partial charge in [0.15, 0.2) is 0 Å². The van der Waals surface area contributed by atoms with Crippen molar-refractivity contribution in [2.45, 2.75) is 30.2 Å². The van der Waals surface area contributed by atoms with Crippen molar-refractivity contribution in [2.24, 2.45) is 0 Å². The number of anilines is 1. The Balaban J connectivity index is 1.59. The number of benzene rings is 2. The number of carbonyl (C=O) groups excluding carboxylic acids is 1. The van der Waals surface area contributed by atoms with Gasteiger partial charge in [-0.05, 0) is 61.4 Å². The second kappa shape index (κ2) is 9.02. The summed E-state index contributed by atoms with van der Waals surface area (Å²) < 4.78 is 72.8. The molecule has 1 aliphatic rings. The zero-order chi connectivity index (χ0) is 21.8. The summed E-state index contributed by atoms with van der Waals surface area (Å²) in [7, 11) is -3.74.